The fraction of sp³-hybridized carbons (Fsp3) is 0.316. The Bertz CT molecular complexity index is 657. The predicted octanol–water partition coefficient (Wildman–Crippen LogP) is 2.91. The third kappa shape index (κ3) is 4.00. The van der Waals surface area contributed by atoms with Gasteiger partial charge in [-0.05, 0) is 30.0 Å². The number of amides is 1. The van der Waals surface area contributed by atoms with Gasteiger partial charge in [-0.2, -0.15) is 0 Å². The molecule has 0 saturated heterocycles. The van der Waals surface area contributed by atoms with E-state index in [0.29, 0.717) is 6.42 Å². The molecular formula is C19H23NO4. The quantitative estimate of drug-likeness (QED) is 0.539. The van der Waals surface area contributed by atoms with Crippen molar-refractivity contribution >= 4 is 5.91 Å². The normalized spacial score (nSPS) is 14.7. The minimum atomic E-state index is -1.51. The number of ether oxygens (including phenoxy) is 1. The van der Waals surface area contributed by atoms with Gasteiger partial charge in [0.1, 0.15) is 0 Å². The van der Waals surface area contributed by atoms with E-state index in [1.807, 2.05) is 54.6 Å². The van der Waals surface area contributed by atoms with Gasteiger partial charge in [0.25, 0.3) is 5.91 Å². The minimum Gasteiger partial charge on any atom is -0.390 e. The Hall–Kier alpha value is -2.21. The van der Waals surface area contributed by atoms with E-state index in [1.165, 1.54) is 6.92 Å². The van der Waals surface area contributed by atoms with Crippen molar-refractivity contribution in [3.63, 3.8) is 0 Å². The van der Waals surface area contributed by atoms with Gasteiger partial charge in [-0.3, -0.25) is 10.0 Å². The molecular weight excluding hydrogens is 306 g/mol. The first-order chi connectivity index (χ1) is 11.5. The van der Waals surface area contributed by atoms with Crippen molar-refractivity contribution in [2.75, 3.05) is 0 Å². The molecule has 0 aromatic heterocycles. The predicted molar refractivity (Wildman–Crippen MR) is 91.3 cm³/mol. The number of hydroxylamine groups is 1. The molecule has 0 saturated carbocycles. The molecule has 0 unspecified atom stereocenters. The Balaban J connectivity index is 2.09. The third-order valence-corrected chi connectivity index (χ3v) is 4.17. The average Bonchev–Trinajstić information content (AvgIpc) is 2.65. The molecule has 0 fully saturated rings. The zero-order chi connectivity index (χ0) is 17.6. The second-order valence-electron chi connectivity index (χ2n) is 5.82. The maximum Gasteiger partial charge on any atom is 0.277 e. The number of carbonyl (C=O) groups is 1. The number of rotatable bonds is 7. The molecule has 0 heterocycles. The number of hydrogen-bond donors (Lipinski definition) is 3. The fourth-order valence-electron chi connectivity index (χ4n) is 2.47. The Morgan fingerprint density at radius 3 is 2.25 bits per heavy atom. The zero-order valence-electron chi connectivity index (χ0n) is 13.9. The van der Waals surface area contributed by atoms with Crippen molar-refractivity contribution in [1.29, 1.82) is 0 Å². The molecule has 128 valence electrons. The molecule has 0 spiro atoms. The number of carbonyl (C=O) groups excluding carboxylic acids is 1. The van der Waals surface area contributed by atoms with Gasteiger partial charge >= 0.3 is 0 Å². The maximum atomic E-state index is 11.8. The van der Waals surface area contributed by atoms with E-state index in [1.54, 1.807) is 12.4 Å². The number of nitrogens with one attached hydrogen (secondary N) is 1. The van der Waals surface area contributed by atoms with Gasteiger partial charge < -0.3 is 9.84 Å². The van der Waals surface area contributed by atoms with E-state index in [2.05, 4.69) is 0 Å². The number of aliphatic hydroxyl groups is 1. The highest BCUT2D eigenvalue weighted by Gasteiger charge is 2.41. The Morgan fingerprint density at radius 2 is 1.71 bits per heavy atom. The molecule has 0 aliphatic carbocycles. The van der Waals surface area contributed by atoms with Crippen LogP contribution in [0.2, 0.25) is 0 Å². The van der Waals surface area contributed by atoms with Crippen LogP contribution >= 0.6 is 0 Å². The Kier molecular flexibility index (Phi) is 6.09. The van der Waals surface area contributed by atoms with Crippen LogP contribution in [-0.2, 0) is 16.1 Å². The SMILES string of the molecule is CC[C@H](O)[C@](C)(OCc1ccc(-c2ccccc2)cc1)C(=O)NO. The maximum absolute atomic E-state index is 11.8. The van der Waals surface area contributed by atoms with Crippen LogP contribution in [0.1, 0.15) is 25.8 Å². The smallest absolute Gasteiger partial charge is 0.277 e. The summed E-state index contributed by atoms with van der Waals surface area (Å²) in [7, 11) is 0. The minimum absolute atomic E-state index is 0.149. The summed E-state index contributed by atoms with van der Waals surface area (Å²) in [5.74, 6) is -0.766. The van der Waals surface area contributed by atoms with Crippen LogP contribution in [0.25, 0.3) is 11.1 Å². The van der Waals surface area contributed by atoms with Gasteiger partial charge in [-0.1, -0.05) is 61.5 Å². The topological polar surface area (TPSA) is 78.8 Å². The molecule has 2 rings (SSSR count). The lowest BCUT2D eigenvalue weighted by Gasteiger charge is -2.31. The summed E-state index contributed by atoms with van der Waals surface area (Å²) in [4.78, 5) is 11.8. The lowest BCUT2D eigenvalue weighted by molar-refractivity contribution is -0.172. The van der Waals surface area contributed by atoms with Crippen molar-refractivity contribution in [1.82, 2.24) is 5.48 Å². The van der Waals surface area contributed by atoms with Crippen molar-refractivity contribution in [2.24, 2.45) is 0 Å². The zero-order valence-corrected chi connectivity index (χ0v) is 13.9. The molecule has 24 heavy (non-hydrogen) atoms. The van der Waals surface area contributed by atoms with Crippen LogP contribution in [0.4, 0.5) is 0 Å². The van der Waals surface area contributed by atoms with E-state index in [0.717, 1.165) is 16.7 Å². The van der Waals surface area contributed by atoms with Crippen LogP contribution in [0.3, 0.4) is 0 Å². The molecule has 3 N–H and O–H groups in total. The van der Waals surface area contributed by atoms with E-state index >= 15 is 0 Å². The van der Waals surface area contributed by atoms with Gasteiger partial charge in [-0.25, -0.2) is 5.48 Å². The highest BCUT2D eigenvalue weighted by atomic mass is 16.5. The van der Waals surface area contributed by atoms with Crippen molar-refractivity contribution < 1.29 is 19.8 Å². The summed E-state index contributed by atoms with van der Waals surface area (Å²) < 4.78 is 5.64. The van der Waals surface area contributed by atoms with Crippen LogP contribution in [-0.4, -0.2) is 27.9 Å². The number of aliphatic hydroxyl groups excluding tert-OH is 1. The van der Waals surface area contributed by atoms with E-state index in [4.69, 9.17) is 9.94 Å². The molecule has 1 amide bonds. The summed E-state index contributed by atoms with van der Waals surface area (Å²) in [6.45, 7) is 3.35. The molecule has 0 bridgehead atoms. The first-order valence-electron chi connectivity index (χ1n) is 7.92. The van der Waals surface area contributed by atoms with Crippen LogP contribution < -0.4 is 5.48 Å². The number of hydrogen-bond acceptors (Lipinski definition) is 4. The average molecular weight is 329 g/mol. The largest absolute Gasteiger partial charge is 0.390 e. The van der Waals surface area contributed by atoms with Crippen LogP contribution in [0.15, 0.2) is 54.6 Å². The monoisotopic (exact) mass is 329 g/mol. The van der Waals surface area contributed by atoms with Gasteiger partial charge in [0.2, 0.25) is 0 Å². The molecule has 5 heteroatoms. The van der Waals surface area contributed by atoms with Crippen molar-refractivity contribution in [3.05, 3.63) is 60.2 Å². The second-order valence-corrected chi connectivity index (χ2v) is 5.82. The van der Waals surface area contributed by atoms with Crippen LogP contribution in [0, 0.1) is 0 Å². The van der Waals surface area contributed by atoms with Gasteiger partial charge in [0.15, 0.2) is 5.60 Å². The third-order valence-electron chi connectivity index (χ3n) is 4.17. The molecule has 5 nitrogen and oxygen atoms in total. The van der Waals surface area contributed by atoms with E-state index in [9.17, 15) is 9.90 Å². The molecule has 2 aromatic carbocycles. The summed E-state index contributed by atoms with van der Waals surface area (Å²) in [6, 6.07) is 17.8. The second kappa shape index (κ2) is 8.06. The lowest BCUT2D eigenvalue weighted by Crippen LogP contribution is -2.53. The number of benzene rings is 2. The fourth-order valence-corrected chi connectivity index (χ4v) is 2.47. The first kappa shape index (κ1) is 18.1. The summed E-state index contributed by atoms with van der Waals surface area (Å²) in [5.41, 5.74) is 3.13. The van der Waals surface area contributed by atoms with Gasteiger partial charge in [-0.15, -0.1) is 0 Å². The molecule has 0 aliphatic heterocycles. The highest BCUT2D eigenvalue weighted by molar-refractivity contribution is 5.84. The molecule has 0 aliphatic rings. The summed E-state index contributed by atoms with van der Waals surface area (Å²) >= 11 is 0. The standard InChI is InChI=1S/C19H23NO4/c1-3-17(21)19(2,18(22)20-23)24-13-14-9-11-16(12-10-14)15-7-5-4-6-8-15/h4-12,17,21,23H,3,13H2,1-2H3,(H,20,22)/t17-,19-/m0/s1. The van der Waals surface area contributed by atoms with E-state index in [-0.39, 0.29) is 6.61 Å². The van der Waals surface area contributed by atoms with E-state index < -0.39 is 17.6 Å². The Morgan fingerprint density at radius 1 is 1.12 bits per heavy atom. The highest BCUT2D eigenvalue weighted by Crippen LogP contribution is 2.23. The van der Waals surface area contributed by atoms with Crippen LogP contribution in [0.5, 0.6) is 0 Å². The molecule has 2 atom stereocenters. The summed E-state index contributed by atoms with van der Waals surface area (Å²) in [6.07, 6.45) is -0.690. The molecule has 2 aromatic rings. The van der Waals surface area contributed by atoms with Crippen molar-refractivity contribution in [3.8, 4) is 11.1 Å². The first-order valence-corrected chi connectivity index (χ1v) is 7.92. The summed E-state index contributed by atoms with van der Waals surface area (Å²) in [5, 5.41) is 18.9. The van der Waals surface area contributed by atoms with Gasteiger partial charge in [0.05, 0.1) is 12.7 Å². The van der Waals surface area contributed by atoms with Crippen molar-refractivity contribution in [2.45, 2.75) is 38.6 Å². The lowest BCUT2D eigenvalue weighted by atomic mass is 9.95. The Labute approximate surface area is 141 Å². The van der Waals surface area contributed by atoms with Gasteiger partial charge in [0, 0.05) is 0 Å². The molecule has 0 radical (unpaired) electrons.